The van der Waals surface area contributed by atoms with Gasteiger partial charge >= 0.3 is 0 Å². The lowest BCUT2D eigenvalue weighted by Gasteiger charge is -2.29. The normalized spacial score (nSPS) is 20.5. The van der Waals surface area contributed by atoms with Crippen LogP contribution in [0, 0.1) is 10.7 Å². The van der Waals surface area contributed by atoms with Crippen LogP contribution in [0.25, 0.3) is 10.7 Å². The van der Waals surface area contributed by atoms with E-state index >= 15 is 0 Å². The molecule has 1 amide bonds. The minimum atomic E-state index is -0.358. The standard InChI is InChI=1S/C21H31N5OS2/c1-16(26-19(22-23-21(26)28)18-9-5-14-29-18)20(27)25-11-6-10-24(12-13-25)15-17-7-3-2-4-8-17/h5,9,14,16-17H,2-4,6-8,10-13,15H2,1H3,(H,23,28). The monoisotopic (exact) mass is 433 g/mol. The van der Waals surface area contributed by atoms with E-state index in [1.807, 2.05) is 33.9 Å². The number of aromatic amines is 1. The van der Waals surface area contributed by atoms with E-state index in [9.17, 15) is 4.79 Å². The Morgan fingerprint density at radius 1 is 1.24 bits per heavy atom. The van der Waals surface area contributed by atoms with Crippen LogP contribution in [0.2, 0.25) is 0 Å². The first-order valence-electron chi connectivity index (χ1n) is 10.9. The Balaban J connectivity index is 1.41. The molecule has 1 unspecified atom stereocenters. The van der Waals surface area contributed by atoms with Gasteiger partial charge in [0.2, 0.25) is 5.91 Å². The molecule has 1 saturated carbocycles. The van der Waals surface area contributed by atoms with E-state index in [0.29, 0.717) is 4.77 Å². The summed E-state index contributed by atoms with van der Waals surface area (Å²) < 4.78 is 2.37. The Hall–Kier alpha value is -1.51. The second-order valence-electron chi connectivity index (χ2n) is 8.36. The summed E-state index contributed by atoms with van der Waals surface area (Å²) in [5.74, 6) is 1.74. The average molecular weight is 434 g/mol. The van der Waals surface area contributed by atoms with E-state index < -0.39 is 0 Å². The number of amides is 1. The highest BCUT2D eigenvalue weighted by Crippen LogP contribution is 2.27. The molecular weight excluding hydrogens is 402 g/mol. The van der Waals surface area contributed by atoms with Gasteiger partial charge in [0.05, 0.1) is 4.88 Å². The van der Waals surface area contributed by atoms with E-state index in [1.54, 1.807) is 11.3 Å². The molecule has 158 valence electrons. The predicted octanol–water partition coefficient (Wildman–Crippen LogP) is 4.34. The van der Waals surface area contributed by atoms with E-state index in [-0.39, 0.29) is 11.9 Å². The van der Waals surface area contributed by atoms with Gasteiger partial charge in [0, 0.05) is 26.2 Å². The van der Waals surface area contributed by atoms with E-state index in [4.69, 9.17) is 12.2 Å². The fraction of sp³-hybridized carbons (Fsp3) is 0.667. The Labute approximate surface area is 181 Å². The average Bonchev–Trinajstić information content (AvgIpc) is 3.33. The molecule has 3 heterocycles. The smallest absolute Gasteiger partial charge is 0.245 e. The molecule has 8 heteroatoms. The maximum absolute atomic E-state index is 13.3. The molecule has 1 aliphatic heterocycles. The van der Waals surface area contributed by atoms with Gasteiger partial charge in [0.25, 0.3) is 0 Å². The molecule has 2 aliphatic rings. The summed E-state index contributed by atoms with van der Waals surface area (Å²) in [7, 11) is 0. The molecule has 4 rings (SSSR count). The first-order valence-corrected chi connectivity index (χ1v) is 12.1. The summed E-state index contributed by atoms with van der Waals surface area (Å²) in [5, 5.41) is 9.27. The van der Waals surface area contributed by atoms with Crippen molar-refractivity contribution in [2.45, 2.75) is 51.5 Å². The summed E-state index contributed by atoms with van der Waals surface area (Å²) in [6, 6.07) is 3.64. The number of H-pyrrole nitrogens is 1. The number of carbonyl (C=O) groups is 1. The van der Waals surface area contributed by atoms with Crippen LogP contribution < -0.4 is 0 Å². The van der Waals surface area contributed by atoms with Crippen LogP contribution in [0.3, 0.4) is 0 Å². The Morgan fingerprint density at radius 3 is 2.83 bits per heavy atom. The van der Waals surface area contributed by atoms with Crippen molar-refractivity contribution in [2.75, 3.05) is 32.7 Å². The fourth-order valence-corrected chi connectivity index (χ4v) is 5.73. The number of rotatable bonds is 5. The zero-order valence-electron chi connectivity index (χ0n) is 17.2. The predicted molar refractivity (Wildman–Crippen MR) is 120 cm³/mol. The first kappa shape index (κ1) is 20.8. The molecule has 0 aromatic carbocycles. The molecule has 0 spiro atoms. The van der Waals surface area contributed by atoms with Crippen LogP contribution in [-0.4, -0.2) is 63.2 Å². The summed E-state index contributed by atoms with van der Waals surface area (Å²) >= 11 is 7.06. The van der Waals surface area contributed by atoms with Crippen LogP contribution in [-0.2, 0) is 4.79 Å². The molecule has 6 nitrogen and oxygen atoms in total. The number of carbonyl (C=O) groups excluding carboxylic acids is 1. The highest BCUT2D eigenvalue weighted by atomic mass is 32.1. The Morgan fingerprint density at radius 2 is 2.07 bits per heavy atom. The molecule has 2 aromatic rings. The minimum Gasteiger partial charge on any atom is -0.340 e. The number of nitrogens with zero attached hydrogens (tertiary/aromatic N) is 4. The molecule has 1 saturated heterocycles. The second kappa shape index (κ2) is 9.53. The quantitative estimate of drug-likeness (QED) is 0.713. The highest BCUT2D eigenvalue weighted by Gasteiger charge is 2.28. The Bertz CT molecular complexity index is 853. The van der Waals surface area contributed by atoms with Crippen molar-refractivity contribution >= 4 is 29.5 Å². The molecule has 0 radical (unpaired) electrons. The van der Waals surface area contributed by atoms with Gasteiger partial charge in [-0.3, -0.25) is 14.5 Å². The molecule has 1 N–H and O–H groups in total. The molecule has 1 aliphatic carbocycles. The van der Waals surface area contributed by atoms with Crippen molar-refractivity contribution in [1.29, 1.82) is 0 Å². The fourth-order valence-electron chi connectivity index (χ4n) is 4.73. The zero-order valence-corrected chi connectivity index (χ0v) is 18.8. The third-order valence-corrected chi connectivity index (χ3v) is 7.49. The molecule has 0 bridgehead atoms. The van der Waals surface area contributed by atoms with Crippen LogP contribution in [0.15, 0.2) is 17.5 Å². The van der Waals surface area contributed by atoms with Gasteiger partial charge in [-0.05, 0) is 62.3 Å². The van der Waals surface area contributed by atoms with Gasteiger partial charge in [0.1, 0.15) is 6.04 Å². The van der Waals surface area contributed by atoms with E-state index in [1.165, 1.54) is 38.6 Å². The van der Waals surface area contributed by atoms with Gasteiger partial charge in [-0.25, -0.2) is 0 Å². The number of hydrogen-bond donors (Lipinski definition) is 1. The van der Waals surface area contributed by atoms with E-state index in [2.05, 4.69) is 15.1 Å². The maximum atomic E-state index is 13.3. The van der Waals surface area contributed by atoms with Crippen molar-refractivity contribution in [2.24, 2.45) is 5.92 Å². The highest BCUT2D eigenvalue weighted by molar-refractivity contribution is 7.71. The third-order valence-electron chi connectivity index (χ3n) is 6.33. The minimum absolute atomic E-state index is 0.139. The Kier molecular flexibility index (Phi) is 6.82. The summed E-state index contributed by atoms with van der Waals surface area (Å²) in [4.78, 5) is 18.9. The van der Waals surface area contributed by atoms with Crippen LogP contribution in [0.5, 0.6) is 0 Å². The zero-order chi connectivity index (χ0) is 20.2. The van der Waals surface area contributed by atoms with Gasteiger partial charge in [-0.1, -0.05) is 25.3 Å². The van der Waals surface area contributed by atoms with Gasteiger partial charge in [0.15, 0.2) is 10.6 Å². The largest absolute Gasteiger partial charge is 0.340 e. The molecule has 2 aromatic heterocycles. The second-order valence-corrected chi connectivity index (χ2v) is 9.69. The lowest BCUT2D eigenvalue weighted by atomic mass is 9.89. The van der Waals surface area contributed by atoms with Crippen molar-refractivity contribution < 1.29 is 4.79 Å². The van der Waals surface area contributed by atoms with Crippen LogP contribution in [0.4, 0.5) is 0 Å². The lowest BCUT2D eigenvalue weighted by Crippen LogP contribution is -2.40. The number of thiophene rings is 1. The van der Waals surface area contributed by atoms with Crippen molar-refractivity contribution in [3.8, 4) is 10.7 Å². The van der Waals surface area contributed by atoms with Gasteiger partial charge in [-0.2, -0.15) is 5.10 Å². The third kappa shape index (κ3) is 4.81. The topological polar surface area (TPSA) is 57.2 Å². The SMILES string of the molecule is CC(C(=O)N1CCCN(CC2CCCCC2)CC1)n1c(-c2cccs2)n[nH]c1=S. The summed E-state index contributed by atoms with van der Waals surface area (Å²) in [6.07, 6.45) is 7.97. The van der Waals surface area contributed by atoms with Gasteiger partial charge in [-0.15, -0.1) is 11.3 Å². The maximum Gasteiger partial charge on any atom is 0.245 e. The molecular formula is C21H31N5OS2. The summed E-state index contributed by atoms with van der Waals surface area (Å²) in [6.45, 7) is 6.84. The van der Waals surface area contributed by atoms with Crippen LogP contribution >= 0.6 is 23.6 Å². The molecule has 2 fully saturated rings. The number of hydrogen-bond acceptors (Lipinski definition) is 5. The van der Waals surface area contributed by atoms with Crippen molar-refractivity contribution in [1.82, 2.24) is 24.6 Å². The number of nitrogens with one attached hydrogen (secondary N) is 1. The molecule has 1 atom stereocenters. The molecule has 29 heavy (non-hydrogen) atoms. The summed E-state index contributed by atoms with van der Waals surface area (Å²) in [5.41, 5.74) is 0. The first-order chi connectivity index (χ1) is 14.1. The van der Waals surface area contributed by atoms with E-state index in [0.717, 1.165) is 49.2 Å². The van der Waals surface area contributed by atoms with Crippen molar-refractivity contribution in [3.63, 3.8) is 0 Å². The van der Waals surface area contributed by atoms with Crippen LogP contribution in [0.1, 0.15) is 51.5 Å². The number of aromatic nitrogens is 3. The van der Waals surface area contributed by atoms with Gasteiger partial charge < -0.3 is 9.80 Å². The van der Waals surface area contributed by atoms with Crippen molar-refractivity contribution in [3.05, 3.63) is 22.3 Å². The lowest BCUT2D eigenvalue weighted by molar-refractivity contribution is -0.134.